The van der Waals surface area contributed by atoms with Crippen LogP contribution in [-0.2, 0) is 9.53 Å². The van der Waals surface area contributed by atoms with Gasteiger partial charge in [0.1, 0.15) is 6.07 Å². The standard InChI is InChI=1S/C24H27N7O2.ClH/c1-16-13-30(21-5-4-17(11-25)23-20(21)3-2-8-27-23)15-22(33-16)24(32)29-18-12-28-31(14-18)19-6-9-26-10-7-19;/h2-5,8,12,14,16,19,22,26H,6-7,9-10,13,15H2,1H3,(H,29,32);1H/t16-,22-;/m1./s1. The Hall–Kier alpha value is -3.19. The smallest absolute Gasteiger partial charge is 0.255 e. The first-order chi connectivity index (χ1) is 16.1. The topological polar surface area (TPSA) is 108 Å². The summed E-state index contributed by atoms with van der Waals surface area (Å²) in [6.07, 6.45) is 6.59. The van der Waals surface area contributed by atoms with Crippen molar-refractivity contribution >= 4 is 40.6 Å². The molecule has 178 valence electrons. The number of hydrogen-bond acceptors (Lipinski definition) is 7. The number of morpholine rings is 1. The molecule has 10 heteroatoms. The third-order valence-electron chi connectivity index (χ3n) is 6.31. The lowest BCUT2D eigenvalue weighted by Crippen LogP contribution is -2.51. The molecule has 3 aromatic rings. The van der Waals surface area contributed by atoms with Gasteiger partial charge < -0.3 is 20.3 Å². The maximum absolute atomic E-state index is 13.1. The van der Waals surface area contributed by atoms with Crippen LogP contribution in [0.3, 0.4) is 0 Å². The molecule has 1 aromatic carbocycles. The van der Waals surface area contributed by atoms with Crippen LogP contribution in [0.5, 0.6) is 0 Å². The summed E-state index contributed by atoms with van der Waals surface area (Å²) in [5.41, 5.74) is 2.84. The van der Waals surface area contributed by atoms with Gasteiger partial charge in [0.15, 0.2) is 6.10 Å². The number of hydrogen-bond donors (Lipinski definition) is 2. The fourth-order valence-corrected chi connectivity index (χ4v) is 4.71. The Balaban J connectivity index is 0.00000274. The van der Waals surface area contributed by atoms with Crippen LogP contribution < -0.4 is 15.5 Å². The van der Waals surface area contributed by atoms with Gasteiger partial charge in [-0.05, 0) is 57.1 Å². The molecule has 0 saturated carbocycles. The van der Waals surface area contributed by atoms with Crippen molar-refractivity contribution in [3.63, 3.8) is 0 Å². The molecule has 0 spiro atoms. The van der Waals surface area contributed by atoms with E-state index >= 15 is 0 Å². The molecule has 2 atom stereocenters. The number of nitrogens with one attached hydrogen (secondary N) is 2. The van der Waals surface area contributed by atoms with Crippen molar-refractivity contribution in [3.8, 4) is 6.07 Å². The van der Waals surface area contributed by atoms with Gasteiger partial charge in [0.05, 0.1) is 41.7 Å². The average molecular weight is 482 g/mol. The van der Waals surface area contributed by atoms with Crippen LogP contribution in [0.15, 0.2) is 42.9 Å². The predicted octanol–water partition coefficient (Wildman–Crippen LogP) is 2.88. The molecule has 0 radical (unpaired) electrons. The number of nitrogens with zero attached hydrogens (tertiary/aromatic N) is 5. The summed E-state index contributed by atoms with van der Waals surface area (Å²) in [5, 5.41) is 21.1. The van der Waals surface area contributed by atoms with Gasteiger partial charge in [0, 0.05) is 30.0 Å². The summed E-state index contributed by atoms with van der Waals surface area (Å²) >= 11 is 0. The second-order valence-electron chi connectivity index (χ2n) is 8.66. The number of ether oxygens (including phenoxy) is 1. The number of amides is 1. The molecule has 34 heavy (non-hydrogen) atoms. The van der Waals surface area contributed by atoms with Crippen molar-refractivity contribution in [2.24, 2.45) is 0 Å². The molecule has 2 aromatic heterocycles. The number of halogens is 1. The van der Waals surface area contributed by atoms with Crippen molar-refractivity contribution in [2.75, 3.05) is 36.4 Å². The summed E-state index contributed by atoms with van der Waals surface area (Å²) in [5.74, 6) is -0.188. The molecule has 0 aliphatic carbocycles. The molecular weight excluding hydrogens is 454 g/mol. The van der Waals surface area contributed by atoms with Crippen LogP contribution in [0.2, 0.25) is 0 Å². The maximum Gasteiger partial charge on any atom is 0.255 e. The number of benzene rings is 1. The number of fused-ring (bicyclic) bond motifs is 1. The Morgan fingerprint density at radius 3 is 2.88 bits per heavy atom. The van der Waals surface area contributed by atoms with Gasteiger partial charge in [-0.1, -0.05) is 0 Å². The summed E-state index contributed by atoms with van der Waals surface area (Å²) in [6, 6.07) is 10.1. The van der Waals surface area contributed by atoms with Gasteiger partial charge in [0.25, 0.3) is 5.91 Å². The fourth-order valence-electron chi connectivity index (χ4n) is 4.71. The van der Waals surface area contributed by atoms with E-state index in [1.807, 2.05) is 36.0 Å². The SMILES string of the molecule is C[C@@H]1CN(c2ccc(C#N)c3ncccc23)C[C@H](C(=O)Nc2cnn(C3CCNCC3)c2)O1.Cl. The average Bonchev–Trinajstić information content (AvgIpc) is 3.32. The van der Waals surface area contributed by atoms with Crippen molar-refractivity contribution in [2.45, 2.75) is 38.0 Å². The van der Waals surface area contributed by atoms with E-state index in [1.54, 1.807) is 18.5 Å². The van der Waals surface area contributed by atoms with E-state index in [2.05, 4.69) is 31.7 Å². The molecule has 2 saturated heterocycles. The molecular formula is C24H28ClN7O2. The van der Waals surface area contributed by atoms with E-state index in [-0.39, 0.29) is 24.4 Å². The number of pyridine rings is 1. The van der Waals surface area contributed by atoms with E-state index in [0.29, 0.717) is 35.9 Å². The number of nitriles is 1. The Morgan fingerprint density at radius 2 is 2.09 bits per heavy atom. The summed E-state index contributed by atoms with van der Waals surface area (Å²) in [4.78, 5) is 19.6. The molecule has 0 unspecified atom stereocenters. The van der Waals surface area contributed by atoms with Crippen LogP contribution in [0.1, 0.15) is 31.4 Å². The minimum atomic E-state index is -0.627. The van der Waals surface area contributed by atoms with Crippen LogP contribution in [0.4, 0.5) is 11.4 Å². The minimum Gasteiger partial charge on any atom is -0.365 e. The first-order valence-electron chi connectivity index (χ1n) is 11.4. The highest BCUT2D eigenvalue weighted by molar-refractivity contribution is 5.97. The molecule has 1 amide bonds. The molecule has 2 aliphatic heterocycles. The van der Waals surface area contributed by atoms with Gasteiger partial charge in [0.2, 0.25) is 0 Å². The van der Waals surface area contributed by atoms with E-state index in [0.717, 1.165) is 37.0 Å². The zero-order valence-electron chi connectivity index (χ0n) is 19.0. The molecule has 2 N–H and O–H groups in total. The highest BCUT2D eigenvalue weighted by atomic mass is 35.5. The number of aromatic nitrogens is 3. The monoisotopic (exact) mass is 481 g/mol. The van der Waals surface area contributed by atoms with Gasteiger partial charge in [-0.25, -0.2) is 0 Å². The largest absolute Gasteiger partial charge is 0.365 e. The van der Waals surface area contributed by atoms with Gasteiger partial charge in [-0.2, -0.15) is 10.4 Å². The quantitative estimate of drug-likeness (QED) is 0.589. The summed E-state index contributed by atoms with van der Waals surface area (Å²) in [6.45, 7) is 4.98. The molecule has 2 aliphatic rings. The Morgan fingerprint density at radius 1 is 1.26 bits per heavy atom. The molecule has 4 heterocycles. The second kappa shape index (κ2) is 10.4. The highest BCUT2D eigenvalue weighted by Crippen LogP contribution is 2.30. The van der Waals surface area contributed by atoms with Crippen molar-refractivity contribution in [3.05, 3.63) is 48.4 Å². The number of anilines is 2. The van der Waals surface area contributed by atoms with Crippen LogP contribution in [0.25, 0.3) is 10.9 Å². The van der Waals surface area contributed by atoms with Crippen molar-refractivity contribution in [1.82, 2.24) is 20.1 Å². The van der Waals surface area contributed by atoms with E-state index in [1.165, 1.54) is 0 Å². The fraction of sp³-hybridized carbons (Fsp3) is 0.417. The van der Waals surface area contributed by atoms with Gasteiger partial charge in [-0.15, -0.1) is 12.4 Å². The number of carbonyl (C=O) groups excluding carboxylic acids is 1. The van der Waals surface area contributed by atoms with Gasteiger partial charge in [-0.3, -0.25) is 14.5 Å². The van der Waals surface area contributed by atoms with Crippen molar-refractivity contribution in [1.29, 1.82) is 5.26 Å². The Kier molecular flexibility index (Phi) is 7.32. The lowest BCUT2D eigenvalue weighted by molar-refractivity contribution is -0.131. The lowest BCUT2D eigenvalue weighted by Gasteiger charge is -2.38. The normalized spacial score (nSPS) is 21.0. The summed E-state index contributed by atoms with van der Waals surface area (Å²) in [7, 11) is 0. The third-order valence-corrected chi connectivity index (χ3v) is 6.31. The zero-order valence-corrected chi connectivity index (χ0v) is 19.8. The Bertz CT molecular complexity index is 1200. The molecule has 9 nitrogen and oxygen atoms in total. The zero-order chi connectivity index (χ0) is 22.8. The van der Waals surface area contributed by atoms with Crippen molar-refractivity contribution < 1.29 is 9.53 Å². The minimum absolute atomic E-state index is 0. The van der Waals surface area contributed by atoms with Gasteiger partial charge >= 0.3 is 0 Å². The number of piperidine rings is 1. The van der Waals surface area contributed by atoms with Crippen LogP contribution >= 0.6 is 12.4 Å². The van der Waals surface area contributed by atoms with Crippen LogP contribution in [0, 0.1) is 11.3 Å². The Labute approximate surface area is 204 Å². The molecule has 5 rings (SSSR count). The lowest BCUT2D eigenvalue weighted by atomic mass is 10.1. The molecule has 2 fully saturated rings. The van der Waals surface area contributed by atoms with E-state index in [4.69, 9.17) is 4.74 Å². The first-order valence-corrected chi connectivity index (χ1v) is 11.4. The third kappa shape index (κ3) is 4.85. The van der Waals surface area contributed by atoms with E-state index in [9.17, 15) is 10.1 Å². The highest BCUT2D eigenvalue weighted by Gasteiger charge is 2.32. The maximum atomic E-state index is 13.1. The second-order valence-corrected chi connectivity index (χ2v) is 8.66. The van der Waals surface area contributed by atoms with Crippen LogP contribution in [-0.4, -0.2) is 59.1 Å². The van der Waals surface area contributed by atoms with E-state index < -0.39 is 6.10 Å². The predicted molar refractivity (Wildman–Crippen MR) is 132 cm³/mol. The molecule has 0 bridgehead atoms. The number of carbonyl (C=O) groups is 1. The summed E-state index contributed by atoms with van der Waals surface area (Å²) < 4.78 is 7.94. The first kappa shape index (κ1) is 24.0. The number of rotatable bonds is 4.